The molecule has 1 fully saturated rings. The van der Waals surface area contributed by atoms with Crippen molar-refractivity contribution in [3.8, 4) is 0 Å². The molecular formula is C11H22N4O2. The van der Waals surface area contributed by atoms with Crippen LogP contribution in [0.2, 0.25) is 0 Å². The van der Waals surface area contributed by atoms with E-state index >= 15 is 0 Å². The summed E-state index contributed by atoms with van der Waals surface area (Å²) in [6.45, 7) is 6.31. The standard InChI is InChI=1S/C11H22N4O2/c1-3-13-10(16)8-12-9-11(17)15-6-4-14(2)5-7-15/h12H,3-9H2,1-2H3,(H,13,16). The van der Waals surface area contributed by atoms with Gasteiger partial charge in [0.05, 0.1) is 13.1 Å². The molecule has 0 aliphatic carbocycles. The van der Waals surface area contributed by atoms with E-state index in [2.05, 4.69) is 22.6 Å². The molecule has 98 valence electrons. The SMILES string of the molecule is CCNC(=O)CNCC(=O)N1CCN(C)CC1. The van der Waals surface area contributed by atoms with Crippen molar-refractivity contribution in [2.75, 3.05) is 52.9 Å². The van der Waals surface area contributed by atoms with Crippen LogP contribution in [0.3, 0.4) is 0 Å². The van der Waals surface area contributed by atoms with E-state index in [0.717, 1.165) is 26.2 Å². The highest BCUT2D eigenvalue weighted by atomic mass is 16.2. The van der Waals surface area contributed by atoms with Gasteiger partial charge in [-0.05, 0) is 14.0 Å². The first kappa shape index (κ1) is 13.9. The Balaban J connectivity index is 2.14. The zero-order chi connectivity index (χ0) is 12.7. The number of piperazine rings is 1. The van der Waals surface area contributed by atoms with Crippen LogP contribution in [0.4, 0.5) is 0 Å². The normalized spacial score (nSPS) is 16.9. The van der Waals surface area contributed by atoms with E-state index < -0.39 is 0 Å². The second-order valence-electron chi connectivity index (χ2n) is 4.24. The largest absolute Gasteiger partial charge is 0.355 e. The zero-order valence-corrected chi connectivity index (χ0v) is 10.7. The van der Waals surface area contributed by atoms with E-state index in [4.69, 9.17) is 0 Å². The van der Waals surface area contributed by atoms with Gasteiger partial charge in [0, 0.05) is 32.7 Å². The Morgan fingerprint density at radius 1 is 1.12 bits per heavy atom. The molecule has 17 heavy (non-hydrogen) atoms. The van der Waals surface area contributed by atoms with Crippen LogP contribution in [0, 0.1) is 0 Å². The Bertz CT molecular complexity index is 262. The highest BCUT2D eigenvalue weighted by Gasteiger charge is 2.18. The minimum Gasteiger partial charge on any atom is -0.355 e. The van der Waals surface area contributed by atoms with Crippen LogP contribution < -0.4 is 10.6 Å². The van der Waals surface area contributed by atoms with Gasteiger partial charge in [-0.3, -0.25) is 14.9 Å². The van der Waals surface area contributed by atoms with Crippen LogP contribution in [0.25, 0.3) is 0 Å². The smallest absolute Gasteiger partial charge is 0.236 e. The molecule has 0 aromatic carbocycles. The van der Waals surface area contributed by atoms with E-state index in [-0.39, 0.29) is 24.9 Å². The topological polar surface area (TPSA) is 64.7 Å². The highest BCUT2D eigenvalue weighted by Crippen LogP contribution is 1.98. The number of nitrogens with zero attached hydrogens (tertiary/aromatic N) is 2. The van der Waals surface area contributed by atoms with Crippen molar-refractivity contribution in [3.05, 3.63) is 0 Å². The van der Waals surface area contributed by atoms with Crippen LogP contribution >= 0.6 is 0 Å². The third kappa shape index (κ3) is 5.14. The predicted molar refractivity (Wildman–Crippen MR) is 65.6 cm³/mol. The molecule has 2 N–H and O–H groups in total. The second kappa shape index (κ2) is 7.24. The number of hydrogen-bond donors (Lipinski definition) is 2. The molecule has 6 heteroatoms. The Hall–Kier alpha value is -1.14. The molecule has 1 heterocycles. The zero-order valence-electron chi connectivity index (χ0n) is 10.7. The number of hydrogen-bond acceptors (Lipinski definition) is 4. The Kier molecular flexibility index (Phi) is 5.93. The monoisotopic (exact) mass is 242 g/mol. The summed E-state index contributed by atoms with van der Waals surface area (Å²) in [6, 6.07) is 0. The lowest BCUT2D eigenvalue weighted by molar-refractivity contribution is -0.131. The van der Waals surface area contributed by atoms with Crippen LogP contribution in [0.15, 0.2) is 0 Å². The summed E-state index contributed by atoms with van der Waals surface area (Å²) in [6.07, 6.45) is 0. The van der Waals surface area contributed by atoms with Crippen molar-refractivity contribution in [2.24, 2.45) is 0 Å². The maximum absolute atomic E-state index is 11.8. The van der Waals surface area contributed by atoms with E-state index in [0.29, 0.717) is 6.54 Å². The van der Waals surface area contributed by atoms with Gasteiger partial charge in [-0.15, -0.1) is 0 Å². The fraction of sp³-hybridized carbons (Fsp3) is 0.818. The van der Waals surface area contributed by atoms with Crippen LogP contribution in [-0.2, 0) is 9.59 Å². The Labute approximate surface area is 102 Å². The van der Waals surface area contributed by atoms with E-state index in [1.54, 1.807) is 0 Å². The Morgan fingerprint density at radius 2 is 1.76 bits per heavy atom. The number of rotatable bonds is 5. The molecule has 1 aliphatic rings. The van der Waals surface area contributed by atoms with Gasteiger partial charge in [0.15, 0.2) is 0 Å². The Morgan fingerprint density at radius 3 is 2.35 bits per heavy atom. The molecule has 0 bridgehead atoms. The lowest BCUT2D eigenvalue weighted by Gasteiger charge is -2.32. The summed E-state index contributed by atoms with van der Waals surface area (Å²) in [7, 11) is 2.05. The van der Waals surface area contributed by atoms with Crippen molar-refractivity contribution in [2.45, 2.75) is 6.92 Å². The summed E-state index contributed by atoms with van der Waals surface area (Å²) in [4.78, 5) is 26.9. The number of amides is 2. The van der Waals surface area contributed by atoms with Crippen molar-refractivity contribution in [3.63, 3.8) is 0 Å². The maximum Gasteiger partial charge on any atom is 0.236 e. The lowest BCUT2D eigenvalue weighted by Crippen LogP contribution is -2.50. The number of likely N-dealkylation sites (N-methyl/N-ethyl adjacent to an activating group) is 2. The number of carbonyl (C=O) groups is 2. The predicted octanol–water partition coefficient (Wildman–Crippen LogP) is -1.51. The fourth-order valence-corrected chi connectivity index (χ4v) is 1.71. The first-order chi connectivity index (χ1) is 8.13. The summed E-state index contributed by atoms with van der Waals surface area (Å²) in [5.74, 6) is 0.000996. The quantitative estimate of drug-likeness (QED) is 0.615. The van der Waals surface area contributed by atoms with Gasteiger partial charge >= 0.3 is 0 Å². The molecule has 0 radical (unpaired) electrons. The summed E-state index contributed by atoms with van der Waals surface area (Å²) < 4.78 is 0. The summed E-state index contributed by atoms with van der Waals surface area (Å²) in [5, 5.41) is 5.53. The first-order valence-corrected chi connectivity index (χ1v) is 6.07. The van der Waals surface area contributed by atoms with Gasteiger partial charge in [-0.1, -0.05) is 0 Å². The molecule has 6 nitrogen and oxygen atoms in total. The molecule has 0 atom stereocenters. The van der Waals surface area contributed by atoms with Crippen molar-refractivity contribution < 1.29 is 9.59 Å². The number of nitrogens with one attached hydrogen (secondary N) is 2. The van der Waals surface area contributed by atoms with Gasteiger partial charge in [0.25, 0.3) is 0 Å². The summed E-state index contributed by atoms with van der Waals surface area (Å²) >= 11 is 0. The van der Waals surface area contributed by atoms with Crippen LogP contribution in [-0.4, -0.2) is 74.5 Å². The first-order valence-electron chi connectivity index (χ1n) is 6.07. The van der Waals surface area contributed by atoms with Crippen molar-refractivity contribution in [1.82, 2.24) is 20.4 Å². The molecule has 2 amide bonds. The van der Waals surface area contributed by atoms with Crippen molar-refractivity contribution >= 4 is 11.8 Å². The lowest BCUT2D eigenvalue weighted by atomic mass is 10.3. The molecular weight excluding hydrogens is 220 g/mol. The molecule has 1 aliphatic heterocycles. The molecule has 0 spiro atoms. The van der Waals surface area contributed by atoms with E-state index in [9.17, 15) is 9.59 Å². The molecule has 1 rings (SSSR count). The number of carbonyl (C=O) groups excluding carboxylic acids is 2. The van der Waals surface area contributed by atoms with E-state index in [1.807, 2.05) is 11.8 Å². The third-order valence-electron chi connectivity index (χ3n) is 2.79. The average molecular weight is 242 g/mol. The molecule has 0 aromatic rings. The molecule has 1 saturated heterocycles. The van der Waals surface area contributed by atoms with Gasteiger partial charge in [0.1, 0.15) is 0 Å². The third-order valence-corrected chi connectivity index (χ3v) is 2.79. The maximum atomic E-state index is 11.8. The van der Waals surface area contributed by atoms with Gasteiger partial charge < -0.3 is 15.1 Å². The van der Waals surface area contributed by atoms with Crippen LogP contribution in [0.1, 0.15) is 6.92 Å². The minimum atomic E-state index is -0.0707. The van der Waals surface area contributed by atoms with Crippen LogP contribution in [0.5, 0.6) is 0 Å². The second-order valence-corrected chi connectivity index (χ2v) is 4.24. The molecule has 0 aromatic heterocycles. The average Bonchev–Trinajstić information content (AvgIpc) is 2.30. The van der Waals surface area contributed by atoms with Gasteiger partial charge in [-0.25, -0.2) is 0 Å². The summed E-state index contributed by atoms with van der Waals surface area (Å²) in [5.41, 5.74) is 0. The van der Waals surface area contributed by atoms with Crippen molar-refractivity contribution in [1.29, 1.82) is 0 Å². The molecule has 0 saturated carbocycles. The van der Waals surface area contributed by atoms with E-state index in [1.165, 1.54) is 0 Å². The van der Waals surface area contributed by atoms with Gasteiger partial charge in [-0.2, -0.15) is 0 Å². The highest BCUT2D eigenvalue weighted by molar-refractivity contribution is 5.81. The fourth-order valence-electron chi connectivity index (χ4n) is 1.71. The van der Waals surface area contributed by atoms with Gasteiger partial charge in [0.2, 0.25) is 11.8 Å². The minimum absolute atomic E-state index is 0.0707. The molecule has 0 unspecified atom stereocenters.